The van der Waals surface area contributed by atoms with E-state index in [4.69, 9.17) is 0 Å². The minimum atomic E-state index is 0.883. The van der Waals surface area contributed by atoms with Gasteiger partial charge in [0.25, 0.3) is 0 Å². The van der Waals surface area contributed by atoms with Gasteiger partial charge in [0.1, 0.15) is 0 Å². The minimum Gasteiger partial charge on any atom is -0.300 e. The maximum Gasteiger partial charge on any atom is 0.00953 e. The van der Waals surface area contributed by atoms with Gasteiger partial charge in [-0.05, 0) is 43.6 Å². The Balaban J connectivity index is 1.85. The molecular weight excluding hydrogens is 170 g/mol. The third kappa shape index (κ3) is 1.98. The Hall–Kier alpha value is -0.0400. The molecule has 0 aromatic rings. The average Bonchev–Trinajstić information content (AvgIpc) is 2.00. The highest BCUT2D eigenvalue weighted by molar-refractivity contribution is 4.86. The molecule has 0 radical (unpaired) electrons. The maximum absolute atomic E-state index is 2.76. The van der Waals surface area contributed by atoms with Gasteiger partial charge >= 0.3 is 0 Å². The quantitative estimate of drug-likeness (QED) is 0.654. The normalized spacial score (nSPS) is 36.0. The largest absolute Gasteiger partial charge is 0.300 e. The molecule has 0 bridgehead atoms. The van der Waals surface area contributed by atoms with Gasteiger partial charge in [0, 0.05) is 12.6 Å². The van der Waals surface area contributed by atoms with Gasteiger partial charge in [-0.1, -0.05) is 27.2 Å². The Morgan fingerprint density at radius 1 is 1.14 bits per heavy atom. The molecule has 0 amide bonds. The number of rotatable bonds is 2. The number of piperidine rings is 1. The van der Waals surface area contributed by atoms with Crippen LogP contribution in [0, 0.1) is 17.8 Å². The molecule has 0 aromatic carbocycles. The number of hydrogen-bond donors (Lipinski definition) is 0. The predicted molar refractivity (Wildman–Crippen MR) is 61.3 cm³/mol. The van der Waals surface area contributed by atoms with Gasteiger partial charge < -0.3 is 4.90 Å². The molecule has 2 atom stereocenters. The fourth-order valence-corrected chi connectivity index (χ4v) is 3.27. The van der Waals surface area contributed by atoms with E-state index in [2.05, 4.69) is 25.7 Å². The second kappa shape index (κ2) is 4.22. The van der Waals surface area contributed by atoms with Crippen LogP contribution in [-0.4, -0.2) is 24.0 Å². The summed E-state index contributed by atoms with van der Waals surface area (Å²) in [4.78, 5) is 2.76. The van der Waals surface area contributed by atoms with Crippen LogP contribution in [0.1, 0.15) is 46.5 Å². The van der Waals surface area contributed by atoms with Crippen molar-refractivity contribution in [1.29, 1.82) is 0 Å². The lowest BCUT2D eigenvalue weighted by Crippen LogP contribution is -2.48. The standard InChI is InChI=1S/C13H25N/c1-10(2)13-7-8-14(9-11(13)3)12-5-4-6-12/h10-13H,4-9H2,1-3H3/t11-,13-/m1/s1. The van der Waals surface area contributed by atoms with E-state index < -0.39 is 0 Å². The predicted octanol–water partition coefficient (Wildman–Crippen LogP) is 3.15. The fraction of sp³-hybridized carbons (Fsp3) is 1.00. The minimum absolute atomic E-state index is 0.883. The summed E-state index contributed by atoms with van der Waals surface area (Å²) in [5, 5.41) is 0. The zero-order valence-corrected chi connectivity index (χ0v) is 10.00. The summed E-state index contributed by atoms with van der Waals surface area (Å²) in [5.74, 6) is 2.78. The lowest BCUT2D eigenvalue weighted by atomic mass is 9.77. The second-order valence-electron chi connectivity index (χ2n) is 5.75. The zero-order chi connectivity index (χ0) is 10.1. The van der Waals surface area contributed by atoms with Gasteiger partial charge in [0.05, 0.1) is 0 Å². The Labute approximate surface area is 88.9 Å². The van der Waals surface area contributed by atoms with E-state index >= 15 is 0 Å². The molecule has 1 saturated heterocycles. The number of likely N-dealkylation sites (tertiary alicyclic amines) is 1. The molecule has 0 N–H and O–H groups in total. The summed E-state index contributed by atoms with van der Waals surface area (Å²) in [5.41, 5.74) is 0. The van der Waals surface area contributed by atoms with Gasteiger partial charge in [-0.15, -0.1) is 0 Å². The molecule has 82 valence electrons. The number of hydrogen-bond acceptors (Lipinski definition) is 1. The summed E-state index contributed by atoms with van der Waals surface area (Å²) in [7, 11) is 0. The lowest BCUT2D eigenvalue weighted by Gasteiger charge is -2.45. The highest BCUT2D eigenvalue weighted by Crippen LogP contribution is 2.34. The van der Waals surface area contributed by atoms with Crippen LogP contribution in [0.25, 0.3) is 0 Å². The molecule has 1 aliphatic heterocycles. The first-order valence-corrected chi connectivity index (χ1v) is 6.42. The van der Waals surface area contributed by atoms with E-state index in [-0.39, 0.29) is 0 Å². The third-order valence-electron chi connectivity index (χ3n) is 4.45. The van der Waals surface area contributed by atoms with Crippen molar-refractivity contribution in [2.24, 2.45) is 17.8 Å². The monoisotopic (exact) mass is 195 g/mol. The summed E-state index contributed by atoms with van der Waals surface area (Å²) >= 11 is 0. The third-order valence-corrected chi connectivity index (χ3v) is 4.45. The zero-order valence-electron chi connectivity index (χ0n) is 10.00. The fourth-order valence-electron chi connectivity index (χ4n) is 3.27. The molecule has 2 fully saturated rings. The van der Waals surface area contributed by atoms with Crippen LogP contribution < -0.4 is 0 Å². The maximum atomic E-state index is 2.76. The molecule has 0 spiro atoms. The van der Waals surface area contributed by atoms with Crippen LogP contribution in [0.3, 0.4) is 0 Å². The number of nitrogens with zero attached hydrogens (tertiary/aromatic N) is 1. The average molecular weight is 195 g/mol. The first-order chi connectivity index (χ1) is 6.68. The first-order valence-electron chi connectivity index (χ1n) is 6.42. The van der Waals surface area contributed by atoms with Crippen molar-refractivity contribution >= 4 is 0 Å². The van der Waals surface area contributed by atoms with Gasteiger partial charge in [0.15, 0.2) is 0 Å². The van der Waals surface area contributed by atoms with Crippen molar-refractivity contribution in [1.82, 2.24) is 4.90 Å². The van der Waals surface area contributed by atoms with Gasteiger partial charge in [-0.25, -0.2) is 0 Å². The van der Waals surface area contributed by atoms with Crippen LogP contribution in [0.4, 0.5) is 0 Å². The van der Waals surface area contributed by atoms with Crippen LogP contribution in [-0.2, 0) is 0 Å². The Kier molecular flexibility index (Phi) is 3.16. The lowest BCUT2D eigenvalue weighted by molar-refractivity contribution is 0.0392. The first kappa shape index (κ1) is 10.5. The van der Waals surface area contributed by atoms with Crippen LogP contribution in [0.5, 0.6) is 0 Å². The second-order valence-corrected chi connectivity index (χ2v) is 5.75. The SMILES string of the molecule is CC(C)[C@H]1CCN(C2CCC2)C[C@H]1C. The van der Waals surface area contributed by atoms with Crippen molar-refractivity contribution < 1.29 is 0 Å². The molecule has 1 saturated carbocycles. The summed E-state index contributed by atoms with van der Waals surface area (Å²) in [6.45, 7) is 9.97. The van der Waals surface area contributed by atoms with Crippen molar-refractivity contribution in [3.05, 3.63) is 0 Å². The van der Waals surface area contributed by atoms with E-state index in [1.54, 1.807) is 0 Å². The highest BCUT2D eigenvalue weighted by atomic mass is 15.2. The van der Waals surface area contributed by atoms with E-state index in [9.17, 15) is 0 Å². The summed E-state index contributed by atoms with van der Waals surface area (Å²) < 4.78 is 0. The molecule has 1 nitrogen and oxygen atoms in total. The van der Waals surface area contributed by atoms with E-state index in [1.165, 1.54) is 38.8 Å². The Morgan fingerprint density at radius 3 is 2.29 bits per heavy atom. The van der Waals surface area contributed by atoms with Gasteiger partial charge in [-0.3, -0.25) is 0 Å². The van der Waals surface area contributed by atoms with E-state index in [1.807, 2.05) is 0 Å². The van der Waals surface area contributed by atoms with Gasteiger partial charge in [-0.2, -0.15) is 0 Å². The molecule has 1 heteroatoms. The summed E-state index contributed by atoms with van der Waals surface area (Å²) in [6.07, 6.45) is 5.86. The van der Waals surface area contributed by atoms with E-state index in [0.29, 0.717) is 0 Å². The molecule has 1 heterocycles. The highest BCUT2D eigenvalue weighted by Gasteiger charge is 2.33. The molecule has 2 aliphatic rings. The smallest absolute Gasteiger partial charge is 0.00953 e. The molecule has 0 unspecified atom stereocenters. The van der Waals surface area contributed by atoms with Crippen molar-refractivity contribution in [3.63, 3.8) is 0 Å². The Bertz CT molecular complexity index is 184. The van der Waals surface area contributed by atoms with Crippen molar-refractivity contribution in [3.8, 4) is 0 Å². The molecule has 0 aromatic heterocycles. The summed E-state index contributed by atoms with van der Waals surface area (Å²) in [6, 6.07) is 0.963. The molecule has 2 rings (SSSR count). The van der Waals surface area contributed by atoms with Crippen molar-refractivity contribution in [2.75, 3.05) is 13.1 Å². The topological polar surface area (TPSA) is 3.24 Å². The molecule has 14 heavy (non-hydrogen) atoms. The van der Waals surface area contributed by atoms with Crippen LogP contribution in [0.15, 0.2) is 0 Å². The van der Waals surface area contributed by atoms with Crippen LogP contribution >= 0.6 is 0 Å². The van der Waals surface area contributed by atoms with E-state index in [0.717, 1.165) is 23.8 Å². The van der Waals surface area contributed by atoms with Gasteiger partial charge in [0.2, 0.25) is 0 Å². The molecule has 1 aliphatic carbocycles. The van der Waals surface area contributed by atoms with Crippen LogP contribution in [0.2, 0.25) is 0 Å². The Morgan fingerprint density at radius 2 is 1.86 bits per heavy atom. The van der Waals surface area contributed by atoms with Crippen molar-refractivity contribution in [2.45, 2.75) is 52.5 Å². The molecular formula is C13H25N.